The third-order valence-corrected chi connectivity index (χ3v) is 4.35. The fraction of sp³-hybridized carbons (Fsp3) is 0.688. The number of rotatable bonds is 5. The smallest absolute Gasteiger partial charge is 0.271 e. The number of anilines is 1. The molecule has 0 saturated carbocycles. The van der Waals surface area contributed by atoms with E-state index >= 15 is 0 Å². The first kappa shape index (κ1) is 16.1. The maximum absolute atomic E-state index is 11.9. The van der Waals surface area contributed by atoms with E-state index in [4.69, 9.17) is 9.47 Å². The molecule has 7 nitrogen and oxygen atoms in total. The van der Waals surface area contributed by atoms with Crippen LogP contribution in [0.3, 0.4) is 0 Å². The summed E-state index contributed by atoms with van der Waals surface area (Å²) in [6, 6.07) is 0. The number of ether oxygens (including phenoxy) is 2. The van der Waals surface area contributed by atoms with Crippen molar-refractivity contribution in [1.29, 1.82) is 0 Å². The minimum Gasteiger partial charge on any atom is -0.355 e. The number of hydrogen-bond acceptors (Lipinski definition) is 6. The van der Waals surface area contributed by atoms with Gasteiger partial charge in [0.25, 0.3) is 5.91 Å². The van der Waals surface area contributed by atoms with Gasteiger partial charge >= 0.3 is 0 Å². The van der Waals surface area contributed by atoms with Gasteiger partial charge in [-0.3, -0.25) is 4.79 Å². The summed E-state index contributed by atoms with van der Waals surface area (Å²) in [4.78, 5) is 22.7. The van der Waals surface area contributed by atoms with Gasteiger partial charge in [0, 0.05) is 32.5 Å². The van der Waals surface area contributed by atoms with Gasteiger partial charge in [-0.15, -0.1) is 0 Å². The molecule has 0 aliphatic carbocycles. The van der Waals surface area contributed by atoms with Crippen LogP contribution in [0, 0.1) is 0 Å². The van der Waals surface area contributed by atoms with Crippen LogP contribution in [0.15, 0.2) is 12.4 Å². The molecule has 0 aromatic carbocycles. The number of aromatic nitrogens is 2. The Morgan fingerprint density at radius 2 is 2.00 bits per heavy atom. The fourth-order valence-corrected chi connectivity index (χ4v) is 2.93. The second-order valence-electron chi connectivity index (χ2n) is 5.96. The van der Waals surface area contributed by atoms with Gasteiger partial charge in [-0.1, -0.05) is 13.3 Å². The Labute approximate surface area is 136 Å². The minimum atomic E-state index is -0.386. The largest absolute Gasteiger partial charge is 0.355 e. The lowest BCUT2D eigenvalue weighted by Crippen LogP contribution is -2.45. The van der Waals surface area contributed by atoms with E-state index in [-0.39, 0.29) is 11.7 Å². The van der Waals surface area contributed by atoms with E-state index in [0.717, 1.165) is 44.6 Å². The number of hydrogen-bond donors (Lipinski definition) is 1. The molecule has 1 amide bonds. The van der Waals surface area contributed by atoms with Crippen molar-refractivity contribution in [2.45, 2.75) is 38.4 Å². The fourth-order valence-electron chi connectivity index (χ4n) is 2.93. The van der Waals surface area contributed by atoms with Gasteiger partial charge < -0.3 is 19.7 Å². The summed E-state index contributed by atoms with van der Waals surface area (Å²) in [6.07, 6.45) is 6.89. The van der Waals surface area contributed by atoms with Crippen LogP contribution >= 0.6 is 0 Å². The van der Waals surface area contributed by atoms with E-state index in [1.165, 1.54) is 0 Å². The quantitative estimate of drug-likeness (QED) is 0.825. The second-order valence-corrected chi connectivity index (χ2v) is 5.96. The van der Waals surface area contributed by atoms with Gasteiger partial charge in [-0.25, -0.2) is 9.97 Å². The van der Waals surface area contributed by atoms with Crippen LogP contribution in [-0.2, 0) is 9.47 Å². The van der Waals surface area contributed by atoms with E-state index < -0.39 is 0 Å². The number of carbonyl (C=O) groups excluding carboxylic acids is 1. The van der Waals surface area contributed by atoms with Crippen molar-refractivity contribution in [1.82, 2.24) is 15.3 Å². The molecule has 23 heavy (non-hydrogen) atoms. The van der Waals surface area contributed by atoms with Crippen molar-refractivity contribution in [3.05, 3.63) is 18.1 Å². The molecule has 2 aliphatic heterocycles. The molecule has 1 spiro atoms. The molecule has 0 unspecified atom stereocenters. The lowest BCUT2D eigenvalue weighted by Gasteiger charge is -2.37. The molecule has 3 heterocycles. The predicted molar refractivity (Wildman–Crippen MR) is 85.4 cm³/mol. The molecular weight excluding hydrogens is 296 g/mol. The van der Waals surface area contributed by atoms with Crippen LogP contribution in [0.2, 0.25) is 0 Å². The van der Waals surface area contributed by atoms with Crippen LogP contribution in [0.5, 0.6) is 0 Å². The summed E-state index contributed by atoms with van der Waals surface area (Å²) in [5.41, 5.74) is 0.362. The van der Waals surface area contributed by atoms with Crippen LogP contribution in [0.1, 0.15) is 43.1 Å². The Balaban J connectivity index is 1.54. The van der Waals surface area contributed by atoms with Crippen molar-refractivity contribution < 1.29 is 14.3 Å². The monoisotopic (exact) mass is 320 g/mol. The Morgan fingerprint density at radius 1 is 1.26 bits per heavy atom. The molecule has 126 valence electrons. The maximum Gasteiger partial charge on any atom is 0.271 e. The summed E-state index contributed by atoms with van der Waals surface area (Å²) >= 11 is 0. The molecule has 3 rings (SSSR count). The molecule has 0 radical (unpaired) electrons. The summed E-state index contributed by atoms with van der Waals surface area (Å²) in [7, 11) is 0. The molecule has 2 saturated heterocycles. The molecule has 2 fully saturated rings. The van der Waals surface area contributed by atoms with Crippen molar-refractivity contribution in [2.75, 3.05) is 37.7 Å². The molecule has 1 aromatic rings. The third kappa shape index (κ3) is 3.79. The number of piperidine rings is 1. The number of nitrogens with one attached hydrogen (secondary N) is 1. The average molecular weight is 320 g/mol. The summed E-state index contributed by atoms with van der Waals surface area (Å²) < 4.78 is 11.5. The molecule has 1 aromatic heterocycles. The molecule has 7 heteroatoms. The topological polar surface area (TPSA) is 76.6 Å². The van der Waals surface area contributed by atoms with Crippen molar-refractivity contribution >= 4 is 11.7 Å². The van der Waals surface area contributed by atoms with Crippen LogP contribution in [0.4, 0.5) is 5.82 Å². The van der Waals surface area contributed by atoms with Gasteiger partial charge in [0.15, 0.2) is 5.79 Å². The SMILES string of the molecule is CCCCNC(=O)c1cnc(N2CCC3(CC2)OCCO3)cn1. The highest BCUT2D eigenvalue weighted by Crippen LogP contribution is 2.32. The molecule has 1 N–H and O–H groups in total. The van der Waals surface area contributed by atoms with Crippen LogP contribution in [0.25, 0.3) is 0 Å². The molecule has 0 atom stereocenters. The number of amides is 1. The van der Waals surface area contributed by atoms with Gasteiger partial charge in [0.05, 0.1) is 25.6 Å². The zero-order valence-electron chi connectivity index (χ0n) is 13.6. The van der Waals surface area contributed by atoms with Gasteiger partial charge in [-0.05, 0) is 6.42 Å². The molecular formula is C16H24N4O3. The van der Waals surface area contributed by atoms with Gasteiger partial charge in [0.1, 0.15) is 11.5 Å². The lowest BCUT2D eigenvalue weighted by molar-refractivity contribution is -0.169. The van der Waals surface area contributed by atoms with Gasteiger partial charge in [0.2, 0.25) is 0 Å². The first-order valence-corrected chi connectivity index (χ1v) is 8.35. The average Bonchev–Trinajstić information content (AvgIpc) is 3.04. The Hall–Kier alpha value is -1.73. The first-order valence-electron chi connectivity index (χ1n) is 8.35. The van der Waals surface area contributed by atoms with Crippen LogP contribution in [-0.4, -0.2) is 54.5 Å². The number of unbranched alkanes of at least 4 members (excludes halogenated alkanes) is 1. The summed E-state index contributed by atoms with van der Waals surface area (Å²) in [5, 5.41) is 2.84. The highest BCUT2D eigenvalue weighted by atomic mass is 16.7. The first-order chi connectivity index (χ1) is 11.2. The third-order valence-electron chi connectivity index (χ3n) is 4.35. The Kier molecular flexibility index (Phi) is 5.07. The number of carbonyl (C=O) groups is 1. The second kappa shape index (κ2) is 7.23. The summed E-state index contributed by atoms with van der Waals surface area (Å²) in [6.45, 7) is 5.76. The minimum absolute atomic E-state index is 0.164. The molecule has 2 aliphatic rings. The highest BCUT2D eigenvalue weighted by Gasteiger charge is 2.40. The van der Waals surface area contributed by atoms with E-state index in [0.29, 0.717) is 25.5 Å². The maximum atomic E-state index is 11.9. The highest BCUT2D eigenvalue weighted by molar-refractivity contribution is 5.91. The number of nitrogens with zero attached hydrogens (tertiary/aromatic N) is 3. The van der Waals surface area contributed by atoms with Crippen molar-refractivity contribution in [2.24, 2.45) is 0 Å². The van der Waals surface area contributed by atoms with E-state index in [2.05, 4.69) is 27.1 Å². The zero-order chi connectivity index (χ0) is 16.1. The van der Waals surface area contributed by atoms with Crippen molar-refractivity contribution in [3.8, 4) is 0 Å². The van der Waals surface area contributed by atoms with E-state index in [1.807, 2.05) is 0 Å². The van der Waals surface area contributed by atoms with Gasteiger partial charge in [-0.2, -0.15) is 0 Å². The summed E-state index contributed by atoms with van der Waals surface area (Å²) in [5.74, 6) is 0.244. The predicted octanol–water partition coefficient (Wildman–Crippen LogP) is 1.35. The van der Waals surface area contributed by atoms with Crippen molar-refractivity contribution in [3.63, 3.8) is 0 Å². The van der Waals surface area contributed by atoms with E-state index in [1.54, 1.807) is 12.4 Å². The van der Waals surface area contributed by atoms with Crippen LogP contribution < -0.4 is 10.2 Å². The zero-order valence-corrected chi connectivity index (χ0v) is 13.6. The normalized spacial score (nSPS) is 20.0. The lowest BCUT2D eigenvalue weighted by atomic mass is 10.0. The standard InChI is InChI=1S/C16H24N4O3/c1-2-3-6-17-15(21)13-11-19-14(12-18-13)20-7-4-16(5-8-20)22-9-10-23-16/h11-12H,2-10H2,1H3,(H,17,21). The molecule has 0 bridgehead atoms. The Bertz CT molecular complexity index is 519. The Morgan fingerprint density at radius 3 is 2.61 bits per heavy atom. The van der Waals surface area contributed by atoms with E-state index in [9.17, 15) is 4.79 Å².